The molecule has 0 unspecified atom stereocenters. The van der Waals surface area contributed by atoms with Crippen LogP contribution < -0.4 is 4.90 Å². The fraction of sp³-hybridized carbons (Fsp3) is 0.240. The molecule has 162 valence electrons. The van der Waals surface area contributed by atoms with Crippen LogP contribution >= 0.6 is 11.6 Å². The molecule has 0 radical (unpaired) electrons. The zero-order chi connectivity index (χ0) is 22.1. The summed E-state index contributed by atoms with van der Waals surface area (Å²) < 4.78 is 2.09. The number of halogens is 1. The first-order valence-electron chi connectivity index (χ1n) is 10.9. The average molecular weight is 446 g/mol. The van der Waals surface area contributed by atoms with E-state index >= 15 is 0 Å². The van der Waals surface area contributed by atoms with Crippen molar-refractivity contribution in [3.63, 3.8) is 0 Å². The molecule has 0 aliphatic carbocycles. The highest BCUT2D eigenvalue weighted by Gasteiger charge is 2.25. The molecule has 0 bridgehead atoms. The van der Waals surface area contributed by atoms with Crippen LogP contribution in [0.3, 0.4) is 0 Å². The number of rotatable bonds is 4. The van der Waals surface area contributed by atoms with E-state index in [9.17, 15) is 4.79 Å². The Morgan fingerprint density at radius 1 is 0.969 bits per heavy atom. The van der Waals surface area contributed by atoms with E-state index in [0.29, 0.717) is 24.5 Å². The Hall–Kier alpha value is -3.38. The van der Waals surface area contributed by atoms with Gasteiger partial charge in [-0.15, -0.1) is 0 Å². The standard InChI is InChI=1S/C25H24ClN5O/c1-2-22(32)29-12-14-30(15-13-29)24-23-21(18-6-4-3-5-7-18)16-31(25(23)28-17-27-24)20-10-8-19(26)9-11-20/h3-11,16-17H,2,12-15H2,1H3. The molecule has 0 saturated carbocycles. The van der Waals surface area contributed by atoms with Gasteiger partial charge in [-0.05, 0) is 29.8 Å². The molecule has 0 spiro atoms. The van der Waals surface area contributed by atoms with Gasteiger partial charge < -0.3 is 14.4 Å². The first kappa shape index (κ1) is 20.5. The lowest BCUT2D eigenvalue weighted by Gasteiger charge is -2.35. The molecule has 1 aliphatic heterocycles. The van der Waals surface area contributed by atoms with E-state index in [1.165, 1.54) is 0 Å². The molecule has 1 fully saturated rings. The lowest BCUT2D eigenvalue weighted by atomic mass is 10.1. The Kier molecular flexibility index (Phi) is 5.53. The van der Waals surface area contributed by atoms with Gasteiger partial charge in [0, 0.05) is 55.1 Å². The van der Waals surface area contributed by atoms with E-state index in [2.05, 4.69) is 32.8 Å². The minimum absolute atomic E-state index is 0.205. The minimum Gasteiger partial charge on any atom is -0.352 e. The summed E-state index contributed by atoms with van der Waals surface area (Å²) in [6.45, 7) is 4.82. The van der Waals surface area contributed by atoms with Gasteiger partial charge in [0.2, 0.25) is 5.91 Å². The Morgan fingerprint density at radius 2 is 1.69 bits per heavy atom. The van der Waals surface area contributed by atoms with Gasteiger partial charge in [-0.3, -0.25) is 4.79 Å². The predicted molar refractivity (Wildman–Crippen MR) is 128 cm³/mol. The summed E-state index contributed by atoms with van der Waals surface area (Å²) in [6.07, 6.45) is 4.29. The van der Waals surface area contributed by atoms with Gasteiger partial charge in [-0.1, -0.05) is 48.9 Å². The molecular formula is C25H24ClN5O. The Bertz CT molecular complexity index is 1240. The van der Waals surface area contributed by atoms with Crippen LogP contribution in [0.25, 0.3) is 27.8 Å². The van der Waals surface area contributed by atoms with E-state index in [1.807, 2.05) is 54.3 Å². The summed E-state index contributed by atoms with van der Waals surface area (Å²) in [6, 6.07) is 18.1. The molecule has 6 nitrogen and oxygen atoms in total. The predicted octanol–water partition coefficient (Wildman–Crippen LogP) is 4.80. The van der Waals surface area contributed by atoms with Crippen molar-refractivity contribution in [2.24, 2.45) is 0 Å². The van der Waals surface area contributed by atoms with Gasteiger partial charge in [-0.2, -0.15) is 0 Å². The first-order valence-corrected chi connectivity index (χ1v) is 11.2. The molecule has 7 heteroatoms. The van der Waals surface area contributed by atoms with Crippen molar-refractivity contribution in [2.75, 3.05) is 31.1 Å². The third-order valence-electron chi connectivity index (χ3n) is 5.99. The molecule has 32 heavy (non-hydrogen) atoms. The zero-order valence-electron chi connectivity index (χ0n) is 17.9. The molecule has 1 amide bonds. The van der Waals surface area contributed by atoms with Crippen LogP contribution in [0.1, 0.15) is 13.3 Å². The molecular weight excluding hydrogens is 422 g/mol. The van der Waals surface area contributed by atoms with Crippen LogP contribution in [0.15, 0.2) is 67.1 Å². The summed E-state index contributed by atoms with van der Waals surface area (Å²) in [7, 11) is 0. The average Bonchev–Trinajstić information content (AvgIpc) is 3.24. The maximum absolute atomic E-state index is 12.1. The Labute approximate surface area is 192 Å². The minimum atomic E-state index is 0.205. The summed E-state index contributed by atoms with van der Waals surface area (Å²) in [4.78, 5) is 25.7. The van der Waals surface area contributed by atoms with Crippen molar-refractivity contribution in [3.8, 4) is 16.8 Å². The van der Waals surface area contributed by atoms with Crippen LogP contribution in [-0.2, 0) is 4.79 Å². The van der Waals surface area contributed by atoms with E-state index in [1.54, 1.807) is 6.33 Å². The van der Waals surface area contributed by atoms with Crippen molar-refractivity contribution in [2.45, 2.75) is 13.3 Å². The van der Waals surface area contributed by atoms with E-state index in [4.69, 9.17) is 16.6 Å². The smallest absolute Gasteiger partial charge is 0.222 e. The van der Waals surface area contributed by atoms with E-state index in [-0.39, 0.29) is 5.91 Å². The summed E-state index contributed by atoms with van der Waals surface area (Å²) in [5, 5.41) is 1.72. The molecule has 1 saturated heterocycles. The molecule has 0 atom stereocenters. The number of fused-ring (bicyclic) bond motifs is 1. The molecule has 1 aliphatic rings. The number of hydrogen-bond acceptors (Lipinski definition) is 4. The highest BCUT2D eigenvalue weighted by molar-refractivity contribution is 6.30. The van der Waals surface area contributed by atoms with Gasteiger partial charge in [0.15, 0.2) is 5.65 Å². The van der Waals surface area contributed by atoms with Crippen molar-refractivity contribution < 1.29 is 4.79 Å². The Balaban J connectivity index is 1.63. The summed E-state index contributed by atoms with van der Waals surface area (Å²) in [5.74, 6) is 1.11. The van der Waals surface area contributed by atoms with Crippen LogP contribution in [0.5, 0.6) is 0 Å². The number of amides is 1. The highest BCUT2D eigenvalue weighted by atomic mass is 35.5. The monoisotopic (exact) mass is 445 g/mol. The van der Waals surface area contributed by atoms with E-state index in [0.717, 1.165) is 46.8 Å². The maximum Gasteiger partial charge on any atom is 0.222 e. The van der Waals surface area contributed by atoms with Gasteiger partial charge >= 0.3 is 0 Å². The van der Waals surface area contributed by atoms with Gasteiger partial charge in [-0.25, -0.2) is 9.97 Å². The van der Waals surface area contributed by atoms with E-state index < -0.39 is 0 Å². The number of benzene rings is 2. The summed E-state index contributed by atoms with van der Waals surface area (Å²) >= 11 is 6.12. The number of anilines is 1. The molecule has 3 heterocycles. The number of piperazine rings is 1. The van der Waals surface area contributed by atoms with Crippen LogP contribution in [0.4, 0.5) is 5.82 Å². The second kappa shape index (κ2) is 8.63. The lowest BCUT2D eigenvalue weighted by Crippen LogP contribution is -2.48. The lowest BCUT2D eigenvalue weighted by molar-refractivity contribution is -0.131. The highest BCUT2D eigenvalue weighted by Crippen LogP contribution is 2.37. The summed E-state index contributed by atoms with van der Waals surface area (Å²) in [5.41, 5.74) is 4.03. The quantitative estimate of drug-likeness (QED) is 0.452. The molecule has 4 aromatic rings. The maximum atomic E-state index is 12.1. The largest absolute Gasteiger partial charge is 0.352 e. The third-order valence-corrected chi connectivity index (χ3v) is 6.24. The van der Waals surface area contributed by atoms with Crippen LogP contribution in [-0.4, -0.2) is 51.5 Å². The number of nitrogens with zero attached hydrogens (tertiary/aromatic N) is 5. The number of hydrogen-bond donors (Lipinski definition) is 0. The van der Waals surface area contributed by atoms with Crippen LogP contribution in [0.2, 0.25) is 5.02 Å². The number of carbonyl (C=O) groups is 1. The Morgan fingerprint density at radius 3 is 2.38 bits per heavy atom. The second-order valence-electron chi connectivity index (χ2n) is 7.87. The third kappa shape index (κ3) is 3.71. The van der Waals surface area contributed by atoms with Crippen molar-refractivity contribution in [1.29, 1.82) is 0 Å². The normalized spacial score (nSPS) is 14.2. The van der Waals surface area contributed by atoms with Crippen molar-refractivity contribution in [1.82, 2.24) is 19.4 Å². The van der Waals surface area contributed by atoms with Gasteiger partial charge in [0.05, 0.1) is 5.39 Å². The van der Waals surface area contributed by atoms with Crippen molar-refractivity contribution >= 4 is 34.4 Å². The van der Waals surface area contributed by atoms with Crippen molar-refractivity contribution in [3.05, 3.63) is 72.1 Å². The van der Waals surface area contributed by atoms with Gasteiger partial charge in [0.1, 0.15) is 12.1 Å². The molecule has 2 aromatic heterocycles. The molecule has 2 aromatic carbocycles. The molecule has 5 rings (SSSR count). The second-order valence-corrected chi connectivity index (χ2v) is 8.31. The number of carbonyl (C=O) groups excluding carboxylic acids is 1. The first-order chi connectivity index (χ1) is 15.7. The van der Waals surface area contributed by atoms with Crippen LogP contribution in [0, 0.1) is 0 Å². The van der Waals surface area contributed by atoms with Gasteiger partial charge in [0.25, 0.3) is 0 Å². The zero-order valence-corrected chi connectivity index (χ0v) is 18.7. The number of aromatic nitrogens is 3. The SMILES string of the molecule is CCC(=O)N1CCN(c2ncnc3c2c(-c2ccccc2)cn3-c2ccc(Cl)cc2)CC1. The molecule has 0 N–H and O–H groups in total. The topological polar surface area (TPSA) is 54.3 Å². The fourth-order valence-electron chi connectivity index (χ4n) is 4.31. The fourth-order valence-corrected chi connectivity index (χ4v) is 4.44.